The fourth-order valence-electron chi connectivity index (χ4n) is 3.10. The second-order valence-electron chi connectivity index (χ2n) is 7.16. The van der Waals surface area contributed by atoms with Crippen LogP contribution in [0.15, 0.2) is 57.4 Å². The Morgan fingerprint density at radius 1 is 1.09 bits per heavy atom. The summed E-state index contributed by atoms with van der Waals surface area (Å²) >= 11 is 8.68. The number of anilines is 2. The maximum atomic E-state index is 12.9. The van der Waals surface area contributed by atoms with Crippen molar-refractivity contribution < 1.29 is 14.1 Å². The first-order valence-electron chi connectivity index (χ1n) is 10.3. The maximum Gasteiger partial charge on any atom is 0.263 e. The smallest absolute Gasteiger partial charge is 0.263 e. The number of benzene rings is 2. The molecule has 0 radical (unpaired) electrons. The van der Waals surface area contributed by atoms with Crippen LogP contribution in [0.3, 0.4) is 0 Å². The third kappa shape index (κ3) is 5.64. The predicted octanol–water partition coefficient (Wildman–Crippen LogP) is 5.70. The Morgan fingerprint density at radius 2 is 1.85 bits per heavy atom. The van der Waals surface area contributed by atoms with Crippen LogP contribution in [0.5, 0.6) is 0 Å². The van der Waals surface area contributed by atoms with Crippen LogP contribution in [-0.4, -0.2) is 32.9 Å². The van der Waals surface area contributed by atoms with Crippen LogP contribution in [0, 0.1) is 6.92 Å². The van der Waals surface area contributed by atoms with E-state index < -0.39 is 5.91 Å². The number of carbonyl (C=O) groups excluding carboxylic acids is 2. The number of thioether (sulfide) groups is 1. The Hall–Kier alpha value is -3.21. The molecule has 2 aromatic heterocycles. The molecule has 0 aliphatic carbocycles. The standard InChI is InChI=1S/C23H20ClN5O3S2/c1-3-14-8-10-15(11-9-14)25-18(30)12-33-23-28-27-22(34-23)26-21(31)19-13(2)32-29-20(19)16-6-4-5-7-17(16)24/h4-11H,3,12H2,1-2H3,(H,25,30)(H,26,27,31). The van der Waals surface area contributed by atoms with Gasteiger partial charge in [-0.05, 0) is 37.1 Å². The lowest BCUT2D eigenvalue weighted by atomic mass is 10.1. The van der Waals surface area contributed by atoms with Crippen molar-refractivity contribution in [3.63, 3.8) is 0 Å². The molecule has 0 unspecified atom stereocenters. The van der Waals surface area contributed by atoms with Crippen LogP contribution in [0.1, 0.15) is 28.6 Å². The molecule has 174 valence electrons. The van der Waals surface area contributed by atoms with Crippen LogP contribution >= 0.6 is 34.7 Å². The van der Waals surface area contributed by atoms with E-state index in [-0.39, 0.29) is 17.2 Å². The average molecular weight is 514 g/mol. The molecule has 2 amide bonds. The monoisotopic (exact) mass is 513 g/mol. The minimum Gasteiger partial charge on any atom is -0.360 e. The largest absolute Gasteiger partial charge is 0.360 e. The number of aromatic nitrogens is 3. The van der Waals surface area contributed by atoms with Gasteiger partial charge in [0, 0.05) is 11.3 Å². The zero-order valence-corrected chi connectivity index (χ0v) is 20.7. The van der Waals surface area contributed by atoms with Gasteiger partial charge in [-0.2, -0.15) is 0 Å². The number of amides is 2. The van der Waals surface area contributed by atoms with Crippen molar-refractivity contribution in [1.29, 1.82) is 0 Å². The molecule has 4 aromatic rings. The highest BCUT2D eigenvalue weighted by atomic mass is 35.5. The van der Waals surface area contributed by atoms with Crippen molar-refractivity contribution in [1.82, 2.24) is 15.4 Å². The van der Waals surface area contributed by atoms with Gasteiger partial charge in [-0.25, -0.2) is 0 Å². The number of carbonyl (C=O) groups is 2. The third-order valence-corrected chi connectivity index (χ3v) is 7.12. The zero-order valence-electron chi connectivity index (χ0n) is 18.3. The molecule has 2 heterocycles. The van der Waals surface area contributed by atoms with Gasteiger partial charge in [-0.1, -0.05) is 77.1 Å². The quantitative estimate of drug-likeness (QED) is 0.229. The molecule has 2 N–H and O–H groups in total. The summed E-state index contributed by atoms with van der Waals surface area (Å²) in [5, 5.41) is 18.4. The first kappa shape index (κ1) is 23.9. The summed E-state index contributed by atoms with van der Waals surface area (Å²) < 4.78 is 5.80. The SMILES string of the molecule is CCc1ccc(NC(=O)CSc2nnc(NC(=O)c3c(-c4ccccc4Cl)noc3C)s2)cc1. The fraction of sp³-hybridized carbons (Fsp3) is 0.174. The molecule has 4 rings (SSSR count). The molecule has 0 aliphatic rings. The van der Waals surface area contributed by atoms with Crippen molar-refractivity contribution >= 4 is 57.3 Å². The number of hydrogen-bond donors (Lipinski definition) is 2. The van der Waals surface area contributed by atoms with Gasteiger partial charge in [0.25, 0.3) is 5.91 Å². The molecular formula is C23H20ClN5O3S2. The van der Waals surface area contributed by atoms with Crippen molar-refractivity contribution in [2.24, 2.45) is 0 Å². The molecular weight excluding hydrogens is 494 g/mol. The fourth-order valence-corrected chi connectivity index (χ4v) is 4.88. The van der Waals surface area contributed by atoms with Crippen molar-refractivity contribution in [2.45, 2.75) is 24.6 Å². The lowest BCUT2D eigenvalue weighted by Gasteiger charge is -2.05. The Kier molecular flexibility index (Phi) is 7.61. The Balaban J connectivity index is 1.37. The van der Waals surface area contributed by atoms with Crippen LogP contribution in [-0.2, 0) is 11.2 Å². The van der Waals surface area contributed by atoms with Gasteiger partial charge in [0.1, 0.15) is 17.0 Å². The van der Waals surface area contributed by atoms with E-state index in [0.717, 1.165) is 12.1 Å². The average Bonchev–Trinajstić information content (AvgIpc) is 3.44. The van der Waals surface area contributed by atoms with E-state index >= 15 is 0 Å². The summed E-state index contributed by atoms with van der Waals surface area (Å²) in [6, 6.07) is 14.8. The molecule has 8 nitrogen and oxygen atoms in total. The minimum absolute atomic E-state index is 0.153. The molecule has 0 spiro atoms. The van der Waals surface area contributed by atoms with Crippen LogP contribution < -0.4 is 10.6 Å². The van der Waals surface area contributed by atoms with Gasteiger partial charge in [0.15, 0.2) is 4.34 Å². The zero-order chi connectivity index (χ0) is 24.1. The van der Waals surface area contributed by atoms with E-state index in [2.05, 4.69) is 32.9 Å². The van der Waals surface area contributed by atoms with E-state index in [1.54, 1.807) is 31.2 Å². The van der Waals surface area contributed by atoms with E-state index in [9.17, 15) is 9.59 Å². The molecule has 2 aromatic carbocycles. The first-order valence-corrected chi connectivity index (χ1v) is 12.5. The highest BCUT2D eigenvalue weighted by Gasteiger charge is 2.24. The Labute approximate surface area is 209 Å². The van der Waals surface area contributed by atoms with Crippen LogP contribution in [0.4, 0.5) is 10.8 Å². The number of rotatable bonds is 8. The third-order valence-electron chi connectivity index (χ3n) is 4.82. The van der Waals surface area contributed by atoms with Gasteiger partial charge in [0.2, 0.25) is 11.0 Å². The van der Waals surface area contributed by atoms with Gasteiger partial charge < -0.3 is 9.84 Å². The van der Waals surface area contributed by atoms with E-state index in [0.29, 0.717) is 31.5 Å². The predicted molar refractivity (Wildman–Crippen MR) is 135 cm³/mol. The van der Waals surface area contributed by atoms with E-state index in [1.165, 1.54) is 28.7 Å². The number of nitrogens with zero attached hydrogens (tertiary/aromatic N) is 3. The lowest BCUT2D eigenvalue weighted by molar-refractivity contribution is -0.113. The summed E-state index contributed by atoms with van der Waals surface area (Å²) in [6.45, 7) is 3.73. The van der Waals surface area contributed by atoms with Crippen molar-refractivity contribution in [2.75, 3.05) is 16.4 Å². The highest BCUT2D eigenvalue weighted by molar-refractivity contribution is 8.01. The number of hydrogen-bond acceptors (Lipinski definition) is 8. The van der Waals surface area contributed by atoms with Crippen molar-refractivity contribution in [3.8, 4) is 11.3 Å². The molecule has 0 saturated carbocycles. The second-order valence-corrected chi connectivity index (χ2v) is 9.76. The normalized spacial score (nSPS) is 10.8. The summed E-state index contributed by atoms with van der Waals surface area (Å²) in [6.07, 6.45) is 0.942. The molecule has 11 heteroatoms. The second kappa shape index (κ2) is 10.8. The molecule has 0 saturated heterocycles. The first-order chi connectivity index (χ1) is 16.4. The lowest BCUT2D eigenvalue weighted by Crippen LogP contribution is -2.13. The van der Waals surface area contributed by atoms with Gasteiger partial charge in [-0.15, -0.1) is 10.2 Å². The summed E-state index contributed by atoms with van der Waals surface area (Å²) in [4.78, 5) is 25.2. The van der Waals surface area contributed by atoms with Crippen LogP contribution in [0.25, 0.3) is 11.3 Å². The molecule has 0 atom stereocenters. The van der Waals surface area contributed by atoms with Gasteiger partial charge in [0.05, 0.1) is 10.8 Å². The molecule has 0 fully saturated rings. The molecule has 0 aliphatic heterocycles. The Morgan fingerprint density at radius 3 is 2.59 bits per heavy atom. The Bertz CT molecular complexity index is 1320. The number of nitrogens with one attached hydrogen (secondary N) is 2. The molecule has 0 bridgehead atoms. The van der Waals surface area contributed by atoms with Crippen molar-refractivity contribution in [3.05, 3.63) is 70.4 Å². The van der Waals surface area contributed by atoms with Crippen LogP contribution in [0.2, 0.25) is 5.02 Å². The van der Waals surface area contributed by atoms with Gasteiger partial charge in [-0.3, -0.25) is 14.9 Å². The minimum atomic E-state index is -0.436. The van der Waals surface area contributed by atoms with E-state index in [4.69, 9.17) is 16.1 Å². The summed E-state index contributed by atoms with van der Waals surface area (Å²) in [5.74, 6) is -0.0659. The molecule has 34 heavy (non-hydrogen) atoms. The summed E-state index contributed by atoms with van der Waals surface area (Å²) in [5.41, 5.74) is 3.16. The maximum absolute atomic E-state index is 12.9. The number of aryl methyl sites for hydroxylation is 2. The van der Waals surface area contributed by atoms with E-state index in [1.807, 2.05) is 24.3 Å². The summed E-state index contributed by atoms with van der Waals surface area (Å²) in [7, 11) is 0. The topological polar surface area (TPSA) is 110 Å². The number of halogens is 1. The highest BCUT2D eigenvalue weighted by Crippen LogP contribution is 2.32. The van der Waals surface area contributed by atoms with Gasteiger partial charge >= 0.3 is 0 Å².